The van der Waals surface area contributed by atoms with E-state index in [0.717, 1.165) is 18.5 Å². The molecule has 2 aromatic heterocycles. The standard InChI is InChI=1S/C18H17N5O3/c1-11-9-10-19-18-21-15(22-23(11)18)17(25)26-14(12-5-3-2-4-6-12)16(24)20-13-7-8-13/h2-6,9-10,13-14H,7-8H2,1H3,(H,20,24). The molecular weight excluding hydrogens is 334 g/mol. The smallest absolute Gasteiger partial charge is 0.379 e. The molecular formula is C18H17N5O3. The molecule has 0 aliphatic heterocycles. The minimum atomic E-state index is -1.05. The van der Waals surface area contributed by atoms with Gasteiger partial charge in [-0.15, -0.1) is 5.10 Å². The molecule has 2 heterocycles. The van der Waals surface area contributed by atoms with E-state index in [4.69, 9.17) is 4.74 Å². The summed E-state index contributed by atoms with van der Waals surface area (Å²) in [5.74, 6) is -0.942. The molecule has 8 heteroatoms. The zero-order valence-corrected chi connectivity index (χ0v) is 14.1. The van der Waals surface area contributed by atoms with E-state index in [0.29, 0.717) is 11.3 Å². The van der Waals surface area contributed by atoms with E-state index < -0.39 is 12.1 Å². The monoisotopic (exact) mass is 351 g/mol. The van der Waals surface area contributed by atoms with E-state index in [1.165, 1.54) is 4.52 Å². The molecule has 1 N–H and O–H groups in total. The quantitative estimate of drug-likeness (QED) is 0.701. The summed E-state index contributed by atoms with van der Waals surface area (Å²) in [6.45, 7) is 1.83. The van der Waals surface area contributed by atoms with E-state index in [1.807, 2.05) is 13.0 Å². The van der Waals surface area contributed by atoms with Crippen LogP contribution in [0.2, 0.25) is 0 Å². The minimum absolute atomic E-state index is 0.132. The average Bonchev–Trinajstić information content (AvgIpc) is 3.34. The number of aromatic nitrogens is 4. The summed E-state index contributed by atoms with van der Waals surface area (Å²) >= 11 is 0. The van der Waals surface area contributed by atoms with Crippen LogP contribution in [0.15, 0.2) is 42.6 Å². The van der Waals surface area contributed by atoms with Gasteiger partial charge in [0.05, 0.1) is 0 Å². The largest absolute Gasteiger partial charge is 0.441 e. The fraction of sp³-hybridized carbons (Fsp3) is 0.278. The van der Waals surface area contributed by atoms with Crippen molar-refractivity contribution in [2.24, 2.45) is 0 Å². The van der Waals surface area contributed by atoms with Crippen LogP contribution in [0.25, 0.3) is 5.78 Å². The molecule has 1 fully saturated rings. The van der Waals surface area contributed by atoms with Crippen LogP contribution in [0.4, 0.5) is 0 Å². The van der Waals surface area contributed by atoms with Crippen LogP contribution in [0.1, 0.15) is 40.8 Å². The van der Waals surface area contributed by atoms with Gasteiger partial charge < -0.3 is 10.1 Å². The normalized spacial score (nSPS) is 14.8. The van der Waals surface area contributed by atoms with Crippen LogP contribution >= 0.6 is 0 Å². The van der Waals surface area contributed by atoms with E-state index in [2.05, 4.69) is 20.4 Å². The van der Waals surface area contributed by atoms with Gasteiger partial charge >= 0.3 is 5.97 Å². The fourth-order valence-electron chi connectivity index (χ4n) is 2.56. The first-order chi connectivity index (χ1) is 12.6. The number of carbonyl (C=O) groups is 2. The van der Waals surface area contributed by atoms with Crippen molar-refractivity contribution in [1.29, 1.82) is 0 Å². The van der Waals surface area contributed by atoms with Gasteiger partial charge in [-0.1, -0.05) is 30.3 Å². The summed E-state index contributed by atoms with van der Waals surface area (Å²) in [4.78, 5) is 33.2. The number of carbonyl (C=O) groups excluding carboxylic acids is 2. The molecule has 1 atom stereocenters. The van der Waals surface area contributed by atoms with Crippen molar-refractivity contribution in [3.8, 4) is 0 Å². The van der Waals surface area contributed by atoms with Crippen LogP contribution in [0.3, 0.4) is 0 Å². The number of nitrogens with one attached hydrogen (secondary N) is 1. The Morgan fingerprint density at radius 1 is 1.23 bits per heavy atom. The number of amides is 1. The van der Waals surface area contributed by atoms with Crippen LogP contribution < -0.4 is 5.32 Å². The first-order valence-electron chi connectivity index (χ1n) is 8.36. The average molecular weight is 351 g/mol. The maximum Gasteiger partial charge on any atom is 0.379 e. The molecule has 1 aliphatic carbocycles. The number of hydrogen-bond acceptors (Lipinski definition) is 6. The Hall–Kier alpha value is -3.29. The van der Waals surface area contributed by atoms with Crippen LogP contribution in [0, 0.1) is 6.92 Å². The van der Waals surface area contributed by atoms with Crippen LogP contribution in [0.5, 0.6) is 0 Å². The highest BCUT2D eigenvalue weighted by molar-refractivity contribution is 5.90. The number of rotatable bonds is 5. The van der Waals surface area contributed by atoms with Gasteiger partial charge in [0.15, 0.2) is 0 Å². The number of ether oxygens (including phenoxy) is 1. The van der Waals surface area contributed by atoms with Gasteiger partial charge in [-0.2, -0.15) is 4.98 Å². The van der Waals surface area contributed by atoms with Gasteiger partial charge in [0.1, 0.15) is 0 Å². The Morgan fingerprint density at radius 3 is 2.69 bits per heavy atom. The maximum absolute atomic E-state index is 12.5. The van der Waals surface area contributed by atoms with Crippen molar-refractivity contribution in [3.05, 3.63) is 59.7 Å². The summed E-state index contributed by atoms with van der Waals surface area (Å²) in [7, 11) is 0. The van der Waals surface area contributed by atoms with Crippen molar-refractivity contribution in [1.82, 2.24) is 24.9 Å². The lowest BCUT2D eigenvalue weighted by atomic mass is 10.1. The lowest BCUT2D eigenvalue weighted by Crippen LogP contribution is -2.33. The van der Waals surface area contributed by atoms with Crippen molar-refractivity contribution < 1.29 is 14.3 Å². The first kappa shape index (κ1) is 16.2. The van der Waals surface area contributed by atoms with Crippen molar-refractivity contribution >= 4 is 17.7 Å². The second-order valence-electron chi connectivity index (χ2n) is 6.21. The summed E-state index contributed by atoms with van der Waals surface area (Å²) in [5.41, 5.74) is 1.38. The van der Waals surface area contributed by atoms with Crippen LogP contribution in [-0.4, -0.2) is 37.5 Å². The Kier molecular flexibility index (Phi) is 4.08. The highest BCUT2D eigenvalue weighted by Crippen LogP contribution is 2.23. The highest BCUT2D eigenvalue weighted by atomic mass is 16.5. The Bertz CT molecular complexity index is 965. The van der Waals surface area contributed by atoms with E-state index in [1.54, 1.807) is 36.5 Å². The van der Waals surface area contributed by atoms with Gasteiger partial charge in [-0.25, -0.2) is 14.3 Å². The summed E-state index contributed by atoms with van der Waals surface area (Å²) in [5, 5.41) is 7.00. The predicted octanol–water partition coefficient (Wildman–Crippen LogP) is 1.61. The number of aryl methyl sites for hydroxylation is 1. The molecule has 1 saturated carbocycles. The highest BCUT2D eigenvalue weighted by Gasteiger charge is 2.32. The molecule has 1 unspecified atom stereocenters. The number of esters is 1. The molecule has 132 valence electrons. The molecule has 0 bridgehead atoms. The number of nitrogens with zero attached hydrogens (tertiary/aromatic N) is 4. The van der Waals surface area contributed by atoms with E-state index >= 15 is 0 Å². The summed E-state index contributed by atoms with van der Waals surface area (Å²) in [6.07, 6.45) is 2.43. The third-order valence-corrected chi connectivity index (χ3v) is 4.10. The molecule has 0 spiro atoms. The minimum Gasteiger partial charge on any atom is -0.441 e. The Morgan fingerprint density at radius 2 is 2.00 bits per heavy atom. The van der Waals surface area contributed by atoms with Gasteiger partial charge in [0, 0.05) is 23.5 Å². The molecule has 3 aromatic rings. The van der Waals surface area contributed by atoms with Crippen molar-refractivity contribution in [2.75, 3.05) is 0 Å². The van der Waals surface area contributed by atoms with Crippen molar-refractivity contribution in [2.45, 2.75) is 31.9 Å². The number of benzene rings is 1. The van der Waals surface area contributed by atoms with Gasteiger partial charge in [-0.05, 0) is 25.8 Å². The SMILES string of the molecule is Cc1ccnc2nc(C(=O)OC(C(=O)NC3CC3)c3ccccc3)nn12. The second kappa shape index (κ2) is 6.55. The summed E-state index contributed by atoms with van der Waals surface area (Å²) < 4.78 is 6.92. The van der Waals surface area contributed by atoms with Crippen LogP contribution in [-0.2, 0) is 9.53 Å². The van der Waals surface area contributed by atoms with Gasteiger partial charge in [-0.3, -0.25) is 4.79 Å². The third kappa shape index (κ3) is 3.26. The fourth-order valence-corrected chi connectivity index (χ4v) is 2.56. The topological polar surface area (TPSA) is 98.5 Å². The molecule has 1 aromatic carbocycles. The summed E-state index contributed by atoms with van der Waals surface area (Å²) in [6, 6.07) is 10.8. The lowest BCUT2D eigenvalue weighted by Gasteiger charge is -2.17. The Labute approximate surface area is 149 Å². The maximum atomic E-state index is 12.5. The van der Waals surface area contributed by atoms with Crippen molar-refractivity contribution in [3.63, 3.8) is 0 Å². The van der Waals surface area contributed by atoms with Gasteiger partial charge in [0.2, 0.25) is 6.10 Å². The molecule has 1 amide bonds. The van der Waals surface area contributed by atoms with E-state index in [-0.39, 0.29) is 17.8 Å². The molecule has 0 radical (unpaired) electrons. The Balaban J connectivity index is 1.60. The second-order valence-corrected chi connectivity index (χ2v) is 6.21. The van der Waals surface area contributed by atoms with Gasteiger partial charge in [0.25, 0.3) is 17.5 Å². The number of fused-ring (bicyclic) bond motifs is 1. The molecule has 0 saturated heterocycles. The zero-order chi connectivity index (χ0) is 18.1. The molecule has 4 rings (SSSR count). The first-order valence-corrected chi connectivity index (χ1v) is 8.36. The third-order valence-electron chi connectivity index (χ3n) is 4.10. The molecule has 8 nitrogen and oxygen atoms in total. The molecule has 1 aliphatic rings. The number of hydrogen-bond donors (Lipinski definition) is 1. The predicted molar refractivity (Wildman–Crippen MR) is 91.3 cm³/mol. The van der Waals surface area contributed by atoms with E-state index in [9.17, 15) is 9.59 Å². The zero-order valence-electron chi connectivity index (χ0n) is 14.1. The lowest BCUT2D eigenvalue weighted by molar-refractivity contribution is -0.130. The molecule has 26 heavy (non-hydrogen) atoms.